The van der Waals surface area contributed by atoms with Gasteiger partial charge >= 0.3 is 0 Å². The van der Waals surface area contributed by atoms with E-state index in [1.165, 1.54) is 17.5 Å². The van der Waals surface area contributed by atoms with Crippen LogP contribution in [0.3, 0.4) is 0 Å². The molecule has 0 fully saturated rings. The van der Waals surface area contributed by atoms with E-state index in [-0.39, 0.29) is 0 Å². The van der Waals surface area contributed by atoms with Crippen molar-refractivity contribution in [2.24, 2.45) is 10.9 Å². The molecule has 0 atom stereocenters. The third-order valence-electron chi connectivity index (χ3n) is 5.23. The molecule has 3 heteroatoms. The lowest BCUT2D eigenvalue weighted by Crippen LogP contribution is -2.19. The van der Waals surface area contributed by atoms with Gasteiger partial charge in [0.2, 0.25) is 0 Å². The molecule has 0 radical (unpaired) electrons. The number of aryl methyl sites for hydroxylation is 2. The van der Waals surface area contributed by atoms with Gasteiger partial charge in [-0.2, -0.15) is 0 Å². The predicted octanol–water partition coefficient (Wildman–Crippen LogP) is 7.30. The highest BCUT2D eigenvalue weighted by atomic mass is 16.5. The quantitative estimate of drug-likeness (QED) is 0.511. The fraction of sp³-hybridized carbons (Fsp3) is 0.393. The molecule has 1 heterocycles. The summed E-state index contributed by atoms with van der Waals surface area (Å²) in [6.45, 7) is 17.6. The van der Waals surface area contributed by atoms with Crippen LogP contribution in [0, 0.1) is 12.8 Å². The van der Waals surface area contributed by atoms with Gasteiger partial charge in [0, 0.05) is 16.8 Å². The maximum atomic E-state index is 5.65. The van der Waals surface area contributed by atoms with Gasteiger partial charge in [-0.3, -0.25) is 0 Å². The van der Waals surface area contributed by atoms with E-state index in [9.17, 15) is 0 Å². The second kappa shape index (κ2) is 12.1. The molecule has 0 spiro atoms. The first-order valence-corrected chi connectivity index (χ1v) is 11.5. The average Bonchev–Trinajstić information content (AvgIpc) is 2.76. The van der Waals surface area contributed by atoms with E-state index in [0.29, 0.717) is 12.4 Å². The van der Waals surface area contributed by atoms with Crippen LogP contribution in [0.5, 0.6) is 5.75 Å². The number of benzene rings is 2. The van der Waals surface area contributed by atoms with Crippen LogP contribution >= 0.6 is 0 Å². The summed E-state index contributed by atoms with van der Waals surface area (Å²) in [7, 11) is 0. The molecule has 0 amide bonds. The van der Waals surface area contributed by atoms with Crippen molar-refractivity contribution in [2.75, 3.05) is 6.61 Å². The van der Waals surface area contributed by atoms with Gasteiger partial charge in [0.05, 0.1) is 12.3 Å². The number of aliphatic imine (C=N–C) groups is 1. The van der Waals surface area contributed by atoms with E-state index in [2.05, 4.69) is 94.0 Å². The van der Waals surface area contributed by atoms with Crippen LogP contribution in [0.15, 0.2) is 65.9 Å². The van der Waals surface area contributed by atoms with Gasteiger partial charge in [-0.1, -0.05) is 71.4 Å². The molecule has 0 aliphatic carbocycles. The summed E-state index contributed by atoms with van der Waals surface area (Å²) < 4.78 is 5.65. The Hall–Kier alpha value is -2.81. The molecule has 0 bridgehead atoms. The van der Waals surface area contributed by atoms with Gasteiger partial charge in [0.1, 0.15) is 11.6 Å². The maximum Gasteiger partial charge on any atom is 0.123 e. The molecule has 0 unspecified atom stereocenters. The Labute approximate surface area is 189 Å². The highest BCUT2D eigenvalue weighted by molar-refractivity contribution is 6.13. The van der Waals surface area contributed by atoms with Gasteiger partial charge in [0.25, 0.3) is 0 Å². The van der Waals surface area contributed by atoms with Crippen LogP contribution in [-0.4, -0.2) is 12.3 Å². The Morgan fingerprint density at radius 1 is 1.06 bits per heavy atom. The third-order valence-corrected chi connectivity index (χ3v) is 5.23. The first-order valence-electron chi connectivity index (χ1n) is 11.5. The van der Waals surface area contributed by atoms with Crippen molar-refractivity contribution in [1.82, 2.24) is 5.32 Å². The molecule has 2 aromatic rings. The highest BCUT2D eigenvalue weighted by Gasteiger charge is 2.15. The SMILES string of the molecule is C=C1N=C(c2ccc(OCC)c(C)c2)C=C(c2ccccc2CCC)N1.CCC(C)C. The Kier molecular flexibility index (Phi) is 9.58. The third kappa shape index (κ3) is 7.13. The number of nitrogens with one attached hydrogen (secondary N) is 1. The zero-order valence-corrected chi connectivity index (χ0v) is 20.1. The van der Waals surface area contributed by atoms with E-state index in [4.69, 9.17) is 4.74 Å². The molecule has 0 saturated carbocycles. The van der Waals surface area contributed by atoms with Crippen molar-refractivity contribution >= 4 is 11.4 Å². The summed E-state index contributed by atoms with van der Waals surface area (Å²) in [6.07, 6.45) is 5.58. The number of ether oxygens (including phenoxy) is 1. The molecule has 1 aliphatic heterocycles. The fourth-order valence-corrected chi connectivity index (χ4v) is 3.22. The second-order valence-electron chi connectivity index (χ2n) is 8.25. The molecular formula is C28H38N2O. The van der Waals surface area contributed by atoms with Crippen LogP contribution in [0.1, 0.15) is 69.7 Å². The summed E-state index contributed by atoms with van der Waals surface area (Å²) in [4.78, 5) is 4.61. The Bertz CT molecular complexity index is 938. The smallest absolute Gasteiger partial charge is 0.123 e. The lowest BCUT2D eigenvalue weighted by molar-refractivity contribution is 0.338. The van der Waals surface area contributed by atoms with E-state index < -0.39 is 0 Å². The monoisotopic (exact) mass is 418 g/mol. The topological polar surface area (TPSA) is 33.6 Å². The average molecular weight is 419 g/mol. The van der Waals surface area contributed by atoms with Crippen molar-refractivity contribution in [1.29, 1.82) is 0 Å². The van der Waals surface area contributed by atoms with Crippen molar-refractivity contribution < 1.29 is 4.74 Å². The van der Waals surface area contributed by atoms with Crippen molar-refractivity contribution in [3.63, 3.8) is 0 Å². The lowest BCUT2D eigenvalue weighted by Gasteiger charge is -2.20. The minimum atomic E-state index is 0.662. The highest BCUT2D eigenvalue weighted by Crippen LogP contribution is 2.25. The minimum absolute atomic E-state index is 0.662. The summed E-state index contributed by atoms with van der Waals surface area (Å²) in [5.74, 6) is 2.47. The summed E-state index contributed by atoms with van der Waals surface area (Å²) in [5.41, 5.74) is 6.70. The Morgan fingerprint density at radius 2 is 1.77 bits per heavy atom. The first-order chi connectivity index (χ1) is 14.9. The van der Waals surface area contributed by atoms with Crippen LogP contribution in [-0.2, 0) is 6.42 Å². The van der Waals surface area contributed by atoms with Crippen molar-refractivity contribution in [2.45, 2.75) is 60.8 Å². The summed E-state index contributed by atoms with van der Waals surface area (Å²) in [6, 6.07) is 14.7. The summed E-state index contributed by atoms with van der Waals surface area (Å²) in [5, 5.41) is 3.33. The van der Waals surface area contributed by atoms with Crippen molar-refractivity contribution in [3.05, 3.63) is 83.2 Å². The van der Waals surface area contributed by atoms with Gasteiger partial charge in [-0.15, -0.1) is 0 Å². The standard InChI is InChI=1S/C23H26N2O.C5H12/c1-5-9-18-10-7-8-11-20(18)22-15-21(24-17(4)25-22)19-12-13-23(26-6-2)16(3)14-19;1-4-5(2)3/h7-8,10-15,25H,4-6,9H2,1-3H3;5H,4H2,1-3H3. The van der Waals surface area contributed by atoms with E-state index >= 15 is 0 Å². The zero-order chi connectivity index (χ0) is 22.8. The van der Waals surface area contributed by atoms with Crippen LogP contribution < -0.4 is 10.1 Å². The molecule has 2 aromatic carbocycles. The molecule has 0 saturated heterocycles. The largest absolute Gasteiger partial charge is 0.494 e. The Morgan fingerprint density at radius 3 is 2.39 bits per heavy atom. The second-order valence-corrected chi connectivity index (χ2v) is 8.25. The number of rotatable bonds is 7. The number of allylic oxidation sites excluding steroid dienone is 1. The molecule has 1 aliphatic rings. The normalized spacial score (nSPS) is 13.1. The van der Waals surface area contributed by atoms with Gasteiger partial charge < -0.3 is 10.1 Å². The van der Waals surface area contributed by atoms with Gasteiger partial charge in [0.15, 0.2) is 0 Å². The number of hydrogen-bond acceptors (Lipinski definition) is 3. The van der Waals surface area contributed by atoms with Crippen molar-refractivity contribution in [3.8, 4) is 5.75 Å². The molecular weight excluding hydrogens is 380 g/mol. The molecule has 31 heavy (non-hydrogen) atoms. The minimum Gasteiger partial charge on any atom is -0.494 e. The molecule has 0 aromatic heterocycles. The molecule has 3 nitrogen and oxygen atoms in total. The first kappa shape index (κ1) is 24.5. The van der Waals surface area contributed by atoms with Gasteiger partial charge in [-0.05, 0) is 61.6 Å². The molecule has 3 rings (SSSR count). The zero-order valence-electron chi connectivity index (χ0n) is 20.1. The number of hydrogen-bond donors (Lipinski definition) is 1. The van der Waals surface area contributed by atoms with Crippen LogP contribution in [0.2, 0.25) is 0 Å². The summed E-state index contributed by atoms with van der Waals surface area (Å²) >= 11 is 0. The Balaban J connectivity index is 0.000000614. The van der Waals surface area contributed by atoms with E-state index in [1.54, 1.807) is 0 Å². The maximum absolute atomic E-state index is 5.65. The molecule has 166 valence electrons. The predicted molar refractivity (Wildman–Crippen MR) is 135 cm³/mol. The van der Waals surface area contributed by atoms with E-state index in [0.717, 1.165) is 47.0 Å². The number of nitrogens with zero attached hydrogens (tertiary/aromatic N) is 1. The van der Waals surface area contributed by atoms with Crippen LogP contribution in [0.25, 0.3) is 5.70 Å². The van der Waals surface area contributed by atoms with Crippen LogP contribution in [0.4, 0.5) is 0 Å². The van der Waals surface area contributed by atoms with Gasteiger partial charge in [-0.25, -0.2) is 4.99 Å². The van der Waals surface area contributed by atoms with E-state index in [1.807, 2.05) is 13.0 Å². The lowest BCUT2D eigenvalue weighted by atomic mass is 9.97. The molecule has 1 N–H and O–H groups in total. The fourth-order valence-electron chi connectivity index (χ4n) is 3.22.